The highest BCUT2D eigenvalue weighted by atomic mass is 16.5. The van der Waals surface area contributed by atoms with Gasteiger partial charge in [0.1, 0.15) is 0 Å². The molecular weight excluding hydrogens is 188 g/mol. The zero-order valence-electron chi connectivity index (χ0n) is 9.92. The van der Waals surface area contributed by atoms with Crippen LogP contribution in [0.2, 0.25) is 0 Å². The van der Waals surface area contributed by atoms with E-state index in [0.717, 1.165) is 24.9 Å². The molecule has 15 heavy (non-hydrogen) atoms. The molecule has 2 heteroatoms. The van der Waals surface area contributed by atoms with Crippen LogP contribution in [0, 0.1) is 11.8 Å². The van der Waals surface area contributed by atoms with Gasteiger partial charge in [-0.1, -0.05) is 0 Å². The molecule has 0 aliphatic heterocycles. The van der Waals surface area contributed by atoms with Crippen LogP contribution >= 0.6 is 0 Å². The Morgan fingerprint density at radius 1 is 1.07 bits per heavy atom. The molecule has 4 bridgehead atoms. The van der Waals surface area contributed by atoms with E-state index >= 15 is 0 Å². The lowest BCUT2D eigenvalue weighted by Gasteiger charge is -2.60. The van der Waals surface area contributed by atoms with Crippen LogP contribution in [0.1, 0.15) is 45.4 Å². The average Bonchev–Trinajstić information content (AvgIpc) is 2.15. The zero-order valence-corrected chi connectivity index (χ0v) is 9.92. The maximum absolute atomic E-state index is 6.09. The van der Waals surface area contributed by atoms with E-state index in [-0.39, 0.29) is 11.2 Å². The maximum atomic E-state index is 6.09. The monoisotopic (exact) mass is 210 g/mol. The van der Waals surface area contributed by atoms with E-state index in [2.05, 4.69) is 6.92 Å². The Balaban J connectivity index is 1.88. The van der Waals surface area contributed by atoms with Crippen molar-refractivity contribution in [3.05, 3.63) is 0 Å². The maximum Gasteiger partial charge on any atom is 0.0715 e. The minimum Gasteiger partial charge on any atom is -0.378 e. The second kappa shape index (κ2) is 3.21. The van der Waals surface area contributed by atoms with Crippen LogP contribution in [0.25, 0.3) is 0 Å². The first kappa shape index (κ1) is 10.1. The Labute approximate surface area is 92.3 Å². The molecule has 0 saturated heterocycles. The van der Waals surface area contributed by atoms with Crippen LogP contribution < -0.4 is 0 Å². The van der Waals surface area contributed by atoms with Gasteiger partial charge in [0, 0.05) is 20.1 Å². The Bertz CT molecular complexity index is 247. The summed E-state index contributed by atoms with van der Waals surface area (Å²) < 4.78 is 11.9. The van der Waals surface area contributed by atoms with Crippen molar-refractivity contribution in [3.63, 3.8) is 0 Å². The van der Waals surface area contributed by atoms with Gasteiger partial charge in [-0.15, -0.1) is 0 Å². The number of methoxy groups -OCH3 is 1. The van der Waals surface area contributed by atoms with Crippen LogP contribution in [0.5, 0.6) is 0 Å². The molecule has 4 aliphatic rings. The van der Waals surface area contributed by atoms with Crippen molar-refractivity contribution in [2.75, 3.05) is 13.7 Å². The first-order valence-electron chi connectivity index (χ1n) is 6.38. The fourth-order valence-corrected chi connectivity index (χ4v) is 4.81. The van der Waals surface area contributed by atoms with Gasteiger partial charge in [-0.25, -0.2) is 0 Å². The number of rotatable bonds is 3. The van der Waals surface area contributed by atoms with Crippen molar-refractivity contribution in [2.45, 2.75) is 56.7 Å². The lowest BCUT2D eigenvalue weighted by molar-refractivity contribution is -0.227. The summed E-state index contributed by atoms with van der Waals surface area (Å²) in [6.45, 7) is 2.98. The minimum atomic E-state index is 0.180. The highest BCUT2D eigenvalue weighted by Gasteiger charge is 2.58. The van der Waals surface area contributed by atoms with Crippen molar-refractivity contribution in [2.24, 2.45) is 11.8 Å². The first-order valence-corrected chi connectivity index (χ1v) is 6.38. The van der Waals surface area contributed by atoms with Gasteiger partial charge < -0.3 is 9.47 Å². The third-order valence-corrected chi connectivity index (χ3v) is 4.84. The summed E-state index contributed by atoms with van der Waals surface area (Å²) in [7, 11) is 1.90. The quantitative estimate of drug-likeness (QED) is 0.713. The molecule has 2 unspecified atom stereocenters. The van der Waals surface area contributed by atoms with E-state index in [0.29, 0.717) is 0 Å². The van der Waals surface area contributed by atoms with Gasteiger partial charge >= 0.3 is 0 Å². The largest absolute Gasteiger partial charge is 0.378 e. The van der Waals surface area contributed by atoms with E-state index in [1.165, 1.54) is 32.1 Å². The minimum absolute atomic E-state index is 0.180. The van der Waals surface area contributed by atoms with Gasteiger partial charge in [0.2, 0.25) is 0 Å². The molecule has 4 rings (SSSR count). The topological polar surface area (TPSA) is 18.5 Å². The van der Waals surface area contributed by atoms with Crippen molar-refractivity contribution < 1.29 is 9.47 Å². The summed E-state index contributed by atoms with van der Waals surface area (Å²) in [5.41, 5.74) is 0.369. The van der Waals surface area contributed by atoms with Gasteiger partial charge in [-0.3, -0.25) is 0 Å². The fourth-order valence-electron chi connectivity index (χ4n) is 4.81. The average molecular weight is 210 g/mol. The fraction of sp³-hybridized carbons (Fsp3) is 1.00. The molecule has 0 aromatic carbocycles. The van der Waals surface area contributed by atoms with Gasteiger partial charge in [0.05, 0.1) is 11.2 Å². The molecule has 4 fully saturated rings. The van der Waals surface area contributed by atoms with E-state index in [9.17, 15) is 0 Å². The first-order chi connectivity index (χ1) is 7.19. The summed E-state index contributed by atoms with van der Waals surface area (Å²) in [6.07, 6.45) is 7.74. The summed E-state index contributed by atoms with van der Waals surface area (Å²) in [6, 6.07) is 0. The smallest absolute Gasteiger partial charge is 0.0715 e. The molecule has 2 nitrogen and oxygen atoms in total. The molecule has 4 saturated carbocycles. The van der Waals surface area contributed by atoms with Crippen LogP contribution in [0.4, 0.5) is 0 Å². The molecule has 86 valence electrons. The lowest BCUT2D eigenvalue weighted by Crippen LogP contribution is -2.60. The normalized spacial score (nSPS) is 52.4. The number of hydrogen-bond donors (Lipinski definition) is 0. The number of ether oxygens (including phenoxy) is 2. The highest BCUT2D eigenvalue weighted by Crippen LogP contribution is 2.59. The Morgan fingerprint density at radius 3 is 2.20 bits per heavy atom. The Morgan fingerprint density at radius 2 is 1.67 bits per heavy atom. The van der Waals surface area contributed by atoms with Crippen LogP contribution in [0.15, 0.2) is 0 Å². The molecule has 0 aromatic rings. The summed E-state index contributed by atoms with van der Waals surface area (Å²) >= 11 is 0. The van der Waals surface area contributed by atoms with Crippen molar-refractivity contribution in [3.8, 4) is 0 Å². The Hall–Kier alpha value is -0.0800. The summed E-state index contributed by atoms with van der Waals surface area (Å²) in [5, 5.41) is 0. The van der Waals surface area contributed by atoms with Gasteiger partial charge in [0.15, 0.2) is 0 Å². The van der Waals surface area contributed by atoms with E-state index in [4.69, 9.17) is 9.47 Å². The second-order valence-corrected chi connectivity index (χ2v) is 5.96. The van der Waals surface area contributed by atoms with E-state index < -0.39 is 0 Å². The molecule has 0 N–H and O–H groups in total. The molecule has 0 amide bonds. The second-order valence-electron chi connectivity index (χ2n) is 5.96. The molecule has 0 aromatic heterocycles. The van der Waals surface area contributed by atoms with E-state index in [1.54, 1.807) is 0 Å². The van der Waals surface area contributed by atoms with E-state index in [1.807, 2.05) is 7.11 Å². The standard InChI is InChI=1S/C13H22O2/c1-3-15-13-7-10-4-11(8-13)6-12(5-10,9-13)14-2/h10-11H,3-9H2,1-2H3. The highest BCUT2D eigenvalue weighted by molar-refractivity contribution is 5.10. The SMILES string of the molecule is CCOC12CC3CC(CC(OC)(C3)C1)C2. The Kier molecular flexibility index (Phi) is 2.16. The van der Waals surface area contributed by atoms with Crippen molar-refractivity contribution in [1.29, 1.82) is 0 Å². The van der Waals surface area contributed by atoms with Gasteiger partial charge in [-0.05, 0) is 50.9 Å². The van der Waals surface area contributed by atoms with Crippen LogP contribution in [0.3, 0.4) is 0 Å². The van der Waals surface area contributed by atoms with Crippen LogP contribution in [-0.4, -0.2) is 24.9 Å². The summed E-state index contributed by atoms with van der Waals surface area (Å²) in [4.78, 5) is 0. The van der Waals surface area contributed by atoms with Crippen molar-refractivity contribution in [1.82, 2.24) is 0 Å². The number of hydrogen-bond acceptors (Lipinski definition) is 2. The molecule has 2 atom stereocenters. The third-order valence-electron chi connectivity index (χ3n) is 4.84. The molecular formula is C13H22O2. The van der Waals surface area contributed by atoms with Gasteiger partial charge in [-0.2, -0.15) is 0 Å². The van der Waals surface area contributed by atoms with Gasteiger partial charge in [0.25, 0.3) is 0 Å². The van der Waals surface area contributed by atoms with Crippen molar-refractivity contribution >= 4 is 0 Å². The van der Waals surface area contributed by atoms with Crippen LogP contribution in [-0.2, 0) is 9.47 Å². The zero-order chi connectivity index (χ0) is 10.5. The molecule has 0 spiro atoms. The predicted octanol–water partition coefficient (Wildman–Crippen LogP) is 2.76. The third kappa shape index (κ3) is 1.45. The molecule has 0 heterocycles. The predicted molar refractivity (Wildman–Crippen MR) is 58.8 cm³/mol. The summed E-state index contributed by atoms with van der Waals surface area (Å²) in [5.74, 6) is 1.75. The lowest BCUT2D eigenvalue weighted by atomic mass is 9.52. The molecule has 4 aliphatic carbocycles. The molecule has 0 radical (unpaired) electrons.